The molecule has 4 heteroatoms. The minimum absolute atomic E-state index is 0.197. The molecule has 0 aliphatic heterocycles. The fraction of sp³-hybridized carbons (Fsp3) is 0.0667. The molecule has 0 atom stereocenters. The lowest BCUT2D eigenvalue weighted by Gasteiger charge is -2.04. The van der Waals surface area contributed by atoms with Crippen LogP contribution < -0.4 is 11.1 Å². The second kappa shape index (κ2) is 6.34. The van der Waals surface area contributed by atoms with Crippen LogP contribution in [0, 0.1) is 11.8 Å². The van der Waals surface area contributed by atoms with E-state index in [1.54, 1.807) is 30.5 Å². The average Bonchev–Trinajstić information content (AvgIpc) is 2.46. The van der Waals surface area contributed by atoms with Crippen molar-refractivity contribution in [3.8, 4) is 11.8 Å². The molecule has 0 radical (unpaired) electrons. The van der Waals surface area contributed by atoms with E-state index in [0.717, 1.165) is 5.56 Å². The van der Waals surface area contributed by atoms with E-state index < -0.39 is 0 Å². The monoisotopic (exact) mass is 251 g/mol. The molecule has 0 spiro atoms. The van der Waals surface area contributed by atoms with Crippen LogP contribution in [0.5, 0.6) is 0 Å². The van der Waals surface area contributed by atoms with Gasteiger partial charge in [-0.05, 0) is 24.3 Å². The molecule has 2 rings (SSSR count). The molecule has 0 unspecified atom stereocenters. The summed E-state index contributed by atoms with van der Waals surface area (Å²) in [5.41, 5.74) is 6.67. The molecule has 0 fully saturated rings. The molecule has 4 nitrogen and oxygen atoms in total. The highest BCUT2D eigenvalue weighted by atomic mass is 16.1. The zero-order valence-corrected chi connectivity index (χ0v) is 10.3. The second-order valence-electron chi connectivity index (χ2n) is 3.76. The quantitative estimate of drug-likeness (QED) is 0.797. The van der Waals surface area contributed by atoms with Gasteiger partial charge in [0, 0.05) is 17.3 Å². The standard InChI is InChI=1S/C15H13N3O/c16-9-4-5-12-8-10-17-14(11-12)18-15(19)13-6-2-1-3-7-13/h1-3,6-8,10-11H,9,16H2,(H,17,18,19). The molecule has 2 aromatic rings. The van der Waals surface area contributed by atoms with Crippen LogP contribution >= 0.6 is 0 Å². The molecular formula is C15H13N3O. The maximum absolute atomic E-state index is 11.9. The first-order chi connectivity index (χ1) is 9.29. The van der Waals surface area contributed by atoms with E-state index in [0.29, 0.717) is 17.9 Å². The van der Waals surface area contributed by atoms with Crippen molar-refractivity contribution >= 4 is 11.7 Å². The Morgan fingerprint density at radius 2 is 2.05 bits per heavy atom. The fourth-order valence-corrected chi connectivity index (χ4v) is 1.51. The topological polar surface area (TPSA) is 68.0 Å². The fourth-order valence-electron chi connectivity index (χ4n) is 1.51. The number of nitrogens with two attached hydrogens (primary N) is 1. The third-order valence-corrected chi connectivity index (χ3v) is 2.37. The highest BCUT2D eigenvalue weighted by Gasteiger charge is 2.05. The number of carbonyl (C=O) groups is 1. The molecule has 1 heterocycles. The zero-order valence-electron chi connectivity index (χ0n) is 10.3. The third-order valence-electron chi connectivity index (χ3n) is 2.37. The van der Waals surface area contributed by atoms with E-state index in [1.165, 1.54) is 0 Å². The summed E-state index contributed by atoms with van der Waals surface area (Å²) in [5.74, 6) is 5.92. The number of nitrogens with zero attached hydrogens (tertiary/aromatic N) is 1. The van der Waals surface area contributed by atoms with Crippen molar-refractivity contribution < 1.29 is 4.79 Å². The Morgan fingerprint density at radius 3 is 2.79 bits per heavy atom. The smallest absolute Gasteiger partial charge is 0.256 e. The Labute approximate surface area is 111 Å². The van der Waals surface area contributed by atoms with E-state index in [2.05, 4.69) is 22.1 Å². The summed E-state index contributed by atoms with van der Waals surface area (Å²) in [6.07, 6.45) is 1.60. The molecule has 0 saturated carbocycles. The van der Waals surface area contributed by atoms with Gasteiger partial charge in [0.1, 0.15) is 5.82 Å². The Hall–Kier alpha value is -2.64. The SMILES string of the molecule is NCC#Cc1ccnc(NC(=O)c2ccccc2)c1. The van der Waals surface area contributed by atoms with Crippen molar-refractivity contribution in [2.45, 2.75) is 0 Å². The van der Waals surface area contributed by atoms with Gasteiger partial charge in [-0.25, -0.2) is 4.98 Å². The first kappa shape index (κ1) is 12.8. The molecule has 94 valence electrons. The van der Waals surface area contributed by atoms with Gasteiger partial charge in [-0.3, -0.25) is 4.79 Å². The van der Waals surface area contributed by atoms with Crippen molar-refractivity contribution in [2.24, 2.45) is 5.73 Å². The summed E-state index contributed by atoms with van der Waals surface area (Å²) in [7, 11) is 0. The lowest BCUT2D eigenvalue weighted by atomic mass is 10.2. The number of amides is 1. The molecule has 19 heavy (non-hydrogen) atoms. The van der Waals surface area contributed by atoms with Crippen molar-refractivity contribution in [1.82, 2.24) is 4.98 Å². The predicted molar refractivity (Wildman–Crippen MR) is 74.6 cm³/mol. The molecule has 1 amide bonds. The summed E-state index contributed by atoms with van der Waals surface area (Å²) in [5, 5.41) is 2.73. The first-order valence-electron chi connectivity index (χ1n) is 5.81. The van der Waals surface area contributed by atoms with Crippen molar-refractivity contribution in [3.63, 3.8) is 0 Å². The summed E-state index contributed by atoms with van der Waals surface area (Å²) >= 11 is 0. The number of rotatable bonds is 2. The number of carbonyl (C=O) groups excluding carboxylic acids is 1. The van der Waals surface area contributed by atoms with Gasteiger partial charge in [0.05, 0.1) is 6.54 Å². The maximum atomic E-state index is 11.9. The number of hydrogen-bond donors (Lipinski definition) is 2. The van der Waals surface area contributed by atoms with Gasteiger partial charge >= 0.3 is 0 Å². The van der Waals surface area contributed by atoms with Crippen molar-refractivity contribution in [1.29, 1.82) is 0 Å². The van der Waals surface area contributed by atoms with Crippen LogP contribution in [0.15, 0.2) is 48.7 Å². The van der Waals surface area contributed by atoms with Gasteiger partial charge in [0.25, 0.3) is 5.91 Å². The van der Waals surface area contributed by atoms with E-state index in [-0.39, 0.29) is 5.91 Å². The molecule has 0 aliphatic rings. The third kappa shape index (κ3) is 3.66. The number of pyridine rings is 1. The van der Waals surface area contributed by atoms with Crippen LogP contribution in [0.2, 0.25) is 0 Å². The second-order valence-corrected chi connectivity index (χ2v) is 3.76. The highest BCUT2D eigenvalue weighted by molar-refractivity contribution is 6.03. The predicted octanol–water partition coefficient (Wildman–Crippen LogP) is 1.64. The Balaban J connectivity index is 2.13. The van der Waals surface area contributed by atoms with Crippen molar-refractivity contribution in [3.05, 3.63) is 59.8 Å². The van der Waals surface area contributed by atoms with Crippen LogP contribution in [-0.4, -0.2) is 17.4 Å². The Morgan fingerprint density at radius 1 is 1.26 bits per heavy atom. The normalized spacial score (nSPS) is 9.32. The van der Waals surface area contributed by atoms with Gasteiger partial charge in [0.15, 0.2) is 0 Å². The lowest BCUT2D eigenvalue weighted by molar-refractivity contribution is 0.102. The van der Waals surface area contributed by atoms with Gasteiger partial charge < -0.3 is 11.1 Å². The van der Waals surface area contributed by atoms with Crippen LogP contribution in [0.3, 0.4) is 0 Å². The number of nitrogens with one attached hydrogen (secondary N) is 1. The van der Waals surface area contributed by atoms with Gasteiger partial charge in [-0.1, -0.05) is 30.0 Å². The maximum Gasteiger partial charge on any atom is 0.256 e. The van der Waals surface area contributed by atoms with E-state index in [9.17, 15) is 4.79 Å². The Bertz CT molecular complexity index is 627. The van der Waals surface area contributed by atoms with Gasteiger partial charge in [-0.15, -0.1) is 0 Å². The largest absolute Gasteiger partial charge is 0.320 e. The van der Waals surface area contributed by atoms with Crippen LogP contribution in [0.4, 0.5) is 5.82 Å². The molecular weight excluding hydrogens is 238 g/mol. The van der Waals surface area contributed by atoms with Gasteiger partial charge in [0.2, 0.25) is 0 Å². The molecule has 1 aromatic heterocycles. The summed E-state index contributed by atoms with van der Waals surface area (Å²) in [4.78, 5) is 16.0. The van der Waals surface area contributed by atoms with Crippen molar-refractivity contribution in [2.75, 3.05) is 11.9 Å². The first-order valence-corrected chi connectivity index (χ1v) is 5.81. The van der Waals surface area contributed by atoms with Gasteiger partial charge in [-0.2, -0.15) is 0 Å². The molecule has 0 saturated heterocycles. The molecule has 0 aliphatic carbocycles. The van der Waals surface area contributed by atoms with E-state index in [1.807, 2.05) is 18.2 Å². The zero-order chi connectivity index (χ0) is 13.5. The minimum Gasteiger partial charge on any atom is -0.320 e. The summed E-state index contributed by atoms with van der Waals surface area (Å²) in [6, 6.07) is 12.4. The number of benzene rings is 1. The van der Waals surface area contributed by atoms with E-state index >= 15 is 0 Å². The number of hydrogen-bond acceptors (Lipinski definition) is 3. The average molecular weight is 251 g/mol. The Kier molecular flexibility index (Phi) is 4.27. The highest BCUT2D eigenvalue weighted by Crippen LogP contribution is 2.08. The molecule has 1 aromatic carbocycles. The summed E-state index contributed by atoms with van der Waals surface area (Å²) in [6.45, 7) is 0.300. The van der Waals surface area contributed by atoms with E-state index in [4.69, 9.17) is 5.73 Å². The van der Waals surface area contributed by atoms with Crippen LogP contribution in [0.1, 0.15) is 15.9 Å². The molecule has 0 bridgehead atoms. The lowest BCUT2D eigenvalue weighted by Crippen LogP contribution is -2.12. The minimum atomic E-state index is -0.197. The summed E-state index contributed by atoms with van der Waals surface area (Å²) < 4.78 is 0. The number of aromatic nitrogens is 1. The molecule has 3 N–H and O–H groups in total. The van der Waals surface area contributed by atoms with Crippen LogP contribution in [0.25, 0.3) is 0 Å². The van der Waals surface area contributed by atoms with Crippen LogP contribution in [-0.2, 0) is 0 Å². The number of anilines is 1.